The first-order valence-electron chi connectivity index (χ1n) is 5.13. The minimum absolute atomic E-state index is 0.932. The molecule has 1 aromatic heterocycles. The third-order valence-corrected chi connectivity index (χ3v) is 3.12. The molecule has 1 aliphatic carbocycles. The van der Waals surface area contributed by atoms with Crippen molar-refractivity contribution < 1.29 is 0 Å². The second-order valence-electron chi connectivity index (χ2n) is 3.53. The fraction of sp³-hybridized carbons (Fsp3) is 0.600. The lowest BCUT2D eigenvalue weighted by molar-refractivity contribution is 0.679. The number of hydrogen-bond acceptors (Lipinski definition) is 4. The van der Waals surface area contributed by atoms with Crippen molar-refractivity contribution in [1.29, 1.82) is 0 Å². The van der Waals surface area contributed by atoms with Gasteiger partial charge in [0.1, 0.15) is 5.51 Å². The third-order valence-electron chi connectivity index (χ3n) is 2.47. The van der Waals surface area contributed by atoms with Gasteiger partial charge in [-0.3, -0.25) is 0 Å². The highest BCUT2D eigenvalue weighted by atomic mass is 32.1. The highest BCUT2D eigenvalue weighted by Crippen LogP contribution is 2.20. The van der Waals surface area contributed by atoms with Gasteiger partial charge in [0, 0.05) is 6.54 Å². The van der Waals surface area contributed by atoms with Crippen LogP contribution in [0.1, 0.15) is 32.1 Å². The van der Waals surface area contributed by atoms with E-state index < -0.39 is 0 Å². The van der Waals surface area contributed by atoms with Crippen molar-refractivity contribution in [2.24, 2.45) is 0 Å². The van der Waals surface area contributed by atoms with E-state index in [1.807, 2.05) is 0 Å². The minimum atomic E-state index is 0.932. The van der Waals surface area contributed by atoms with E-state index in [0.29, 0.717) is 0 Å². The molecule has 0 aromatic carbocycles. The number of hydrogen-bond donors (Lipinski definition) is 1. The molecule has 1 N–H and O–H groups in total. The summed E-state index contributed by atoms with van der Waals surface area (Å²) in [5, 5.41) is 11.9. The van der Waals surface area contributed by atoms with Crippen LogP contribution in [0.15, 0.2) is 17.2 Å². The van der Waals surface area contributed by atoms with Gasteiger partial charge in [-0.2, -0.15) is 0 Å². The van der Waals surface area contributed by atoms with Crippen molar-refractivity contribution in [3.8, 4) is 0 Å². The van der Waals surface area contributed by atoms with Crippen LogP contribution in [0.5, 0.6) is 0 Å². The molecule has 0 bridgehead atoms. The number of anilines is 1. The molecule has 0 fully saturated rings. The lowest BCUT2D eigenvalue weighted by atomic mass is 9.97. The van der Waals surface area contributed by atoms with Crippen LogP contribution in [0.3, 0.4) is 0 Å². The van der Waals surface area contributed by atoms with Crippen LogP contribution < -0.4 is 5.32 Å². The van der Waals surface area contributed by atoms with Crippen molar-refractivity contribution in [2.45, 2.75) is 32.1 Å². The average Bonchev–Trinajstić information content (AvgIpc) is 2.72. The summed E-state index contributed by atoms with van der Waals surface area (Å²) in [5.74, 6) is 0. The molecule has 2 rings (SSSR count). The predicted molar refractivity (Wildman–Crippen MR) is 59.6 cm³/mol. The van der Waals surface area contributed by atoms with E-state index in [-0.39, 0.29) is 0 Å². The molecular formula is C10H15N3S. The average molecular weight is 209 g/mol. The van der Waals surface area contributed by atoms with Crippen molar-refractivity contribution in [2.75, 3.05) is 11.9 Å². The first-order chi connectivity index (χ1) is 6.95. The molecular weight excluding hydrogens is 194 g/mol. The summed E-state index contributed by atoms with van der Waals surface area (Å²) in [6.07, 6.45) is 8.84. The van der Waals surface area contributed by atoms with Crippen LogP contribution >= 0.6 is 11.3 Å². The molecule has 76 valence electrons. The summed E-state index contributed by atoms with van der Waals surface area (Å²) in [6, 6.07) is 0. The topological polar surface area (TPSA) is 37.8 Å². The first kappa shape index (κ1) is 9.65. The van der Waals surface area contributed by atoms with E-state index in [2.05, 4.69) is 21.6 Å². The van der Waals surface area contributed by atoms with E-state index in [1.54, 1.807) is 22.4 Å². The molecule has 4 heteroatoms. The van der Waals surface area contributed by atoms with Crippen molar-refractivity contribution in [3.05, 3.63) is 17.2 Å². The van der Waals surface area contributed by atoms with Gasteiger partial charge in [0.25, 0.3) is 0 Å². The molecule has 3 nitrogen and oxygen atoms in total. The summed E-state index contributed by atoms with van der Waals surface area (Å²) < 4.78 is 0. The zero-order valence-corrected chi connectivity index (χ0v) is 9.02. The second kappa shape index (κ2) is 5.10. The number of rotatable bonds is 4. The Kier molecular flexibility index (Phi) is 3.51. The molecule has 14 heavy (non-hydrogen) atoms. The van der Waals surface area contributed by atoms with Gasteiger partial charge in [-0.1, -0.05) is 23.0 Å². The van der Waals surface area contributed by atoms with Gasteiger partial charge in [0.05, 0.1) is 0 Å². The maximum Gasteiger partial charge on any atom is 0.205 e. The van der Waals surface area contributed by atoms with Crippen molar-refractivity contribution in [1.82, 2.24) is 10.2 Å². The van der Waals surface area contributed by atoms with Crippen molar-refractivity contribution >= 4 is 16.5 Å². The third kappa shape index (κ3) is 2.80. The van der Waals surface area contributed by atoms with Gasteiger partial charge in [0.2, 0.25) is 5.13 Å². The zero-order valence-electron chi connectivity index (χ0n) is 8.20. The SMILES string of the molecule is C1=C(CCNc2nncs2)CCCC1. The van der Waals surface area contributed by atoms with E-state index in [4.69, 9.17) is 0 Å². The molecule has 0 spiro atoms. The van der Waals surface area contributed by atoms with E-state index in [9.17, 15) is 0 Å². The molecule has 1 aliphatic rings. The molecule has 0 atom stereocenters. The fourth-order valence-corrected chi connectivity index (χ4v) is 2.19. The van der Waals surface area contributed by atoms with Gasteiger partial charge in [-0.25, -0.2) is 0 Å². The second-order valence-corrected chi connectivity index (χ2v) is 4.36. The lowest BCUT2D eigenvalue weighted by Gasteiger charge is -2.12. The molecule has 1 aromatic rings. The van der Waals surface area contributed by atoms with Crippen LogP contribution in [-0.2, 0) is 0 Å². The summed E-state index contributed by atoms with van der Waals surface area (Å²) in [6.45, 7) is 0.987. The number of aromatic nitrogens is 2. The van der Waals surface area contributed by atoms with Crippen molar-refractivity contribution in [3.63, 3.8) is 0 Å². The van der Waals surface area contributed by atoms with Crippen LogP contribution in [0, 0.1) is 0 Å². The van der Waals surface area contributed by atoms with Gasteiger partial charge in [0.15, 0.2) is 0 Å². The Morgan fingerprint density at radius 1 is 1.43 bits per heavy atom. The summed E-state index contributed by atoms with van der Waals surface area (Å²) in [5.41, 5.74) is 3.36. The van der Waals surface area contributed by atoms with Gasteiger partial charge in [-0.15, -0.1) is 10.2 Å². The summed E-state index contributed by atoms with van der Waals surface area (Å²) >= 11 is 1.56. The number of allylic oxidation sites excluding steroid dienone is 1. The largest absolute Gasteiger partial charge is 0.360 e. The Hall–Kier alpha value is -0.900. The Labute approximate surface area is 88.3 Å². The molecule has 0 saturated heterocycles. The molecule has 1 heterocycles. The highest BCUT2D eigenvalue weighted by Gasteiger charge is 2.03. The standard InChI is InChI=1S/C10H15N3S/c1-2-4-9(5-3-1)6-7-11-10-13-12-8-14-10/h4,8H,1-3,5-7H2,(H,11,13). The van der Waals surface area contributed by atoms with Crippen LogP contribution in [0.25, 0.3) is 0 Å². The van der Waals surface area contributed by atoms with Gasteiger partial charge in [-0.05, 0) is 32.1 Å². The quantitative estimate of drug-likeness (QED) is 0.775. The van der Waals surface area contributed by atoms with E-state index in [1.165, 1.54) is 25.7 Å². The summed E-state index contributed by atoms with van der Waals surface area (Å²) in [7, 11) is 0. The molecule has 0 radical (unpaired) electrons. The number of nitrogens with zero attached hydrogens (tertiary/aromatic N) is 2. The Morgan fingerprint density at radius 2 is 2.43 bits per heavy atom. The Balaban J connectivity index is 1.70. The first-order valence-corrected chi connectivity index (χ1v) is 6.01. The zero-order chi connectivity index (χ0) is 9.64. The predicted octanol–water partition coefficient (Wildman–Crippen LogP) is 2.84. The fourth-order valence-electron chi connectivity index (χ4n) is 1.71. The lowest BCUT2D eigenvalue weighted by Crippen LogP contribution is -2.04. The Morgan fingerprint density at radius 3 is 3.14 bits per heavy atom. The van der Waals surface area contributed by atoms with Crippen LogP contribution in [0.4, 0.5) is 5.13 Å². The van der Waals surface area contributed by atoms with E-state index in [0.717, 1.165) is 18.1 Å². The maximum absolute atomic E-state index is 3.94. The minimum Gasteiger partial charge on any atom is -0.360 e. The molecule has 0 amide bonds. The summed E-state index contributed by atoms with van der Waals surface area (Å²) in [4.78, 5) is 0. The van der Waals surface area contributed by atoms with Crippen LogP contribution in [-0.4, -0.2) is 16.7 Å². The van der Waals surface area contributed by atoms with Crippen LogP contribution in [0.2, 0.25) is 0 Å². The molecule has 0 saturated carbocycles. The monoisotopic (exact) mass is 209 g/mol. The maximum atomic E-state index is 3.94. The van der Waals surface area contributed by atoms with E-state index >= 15 is 0 Å². The normalized spacial score (nSPS) is 16.4. The molecule has 0 aliphatic heterocycles. The highest BCUT2D eigenvalue weighted by molar-refractivity contribution is 7.13. The van der Waals surface area contributed by atoms with Gasteiger partial charge < -0.3 is 5.32 Å². The Bertz CT molecular complexity index is 292. The smallest absolute Gasteiger partial charge is 0.205 e. The number of nitrogens with one attached hydrogen (secondary N) is 1. The molecule has 0 unspecified atom stereocenters. The van der Waals surface area contributed by atoms with Gasteiger partial charge >= 0.3 is 0 Å².